The molecule has 0 atom stereocenters. The lowest BCUT2D eigenvalue weighted by molar-refractivity contribution is 0.316. The van der Waals surface area contributed by atoms with Crippen LogP contribution in [0, 0.1) is 5.92 Å². The summed E-state index contributed by atoms with van der Waals surface area (Å²) in [6.07, 6.45) is 10.9. The first-order chi connectivity index (χ1) is 14.4. The zero-order valence-electron chi connectivity index (χ0n) is 16.6. The van der Waals surface area contributed by atoms with Gasteiger partial charge in [0.15, 0.2) is 0 Å². The molecule has 0 spiro atoms. The fourth-order valence-corrected chi connectivity index (χ4v) is 4.89. The van der Waals surface area contributed by atoms with Gasteiger partial charge in [0.1, 0.15) is 11.5 Å². The van der Waals surface area contributed by atoms with Crippen LogP contribution in [-0.4, -0.2) is 29.3 Å². The van der Waals surface area contributed by atoms with Gasteiger partial charge in [0.05, 0.1) is 22.9 Å². The lowest BCUT2D eigenvalue weighted by atomic mass is 9.87. The molecule has 3 aromatic heterocycles. The van der Waals surface area contributed by atoms with Crippen molar-refractivity contribution in [2.75, 3.05) is 0 Å². The van der Waals surface area contributed by atoms with E-state index < -0.39 is 0 Å². The molecule has 4 aromatic rings. The maximum Gasteiger partial charge on any atom is 0.200 e. The van der Waals surface area contributed by atoms with Gasteiger partial charge in [-0.25, -0.2) is 19.6 Å². The number of hydrogen-bond donors (Lipinski definition) is 0. The summed E-state index contributed by atoms with van der Waals surface area (Å²) in [5, 5.41) is 6.85. The molecule has 0 bridgehead atoms. The highest BCUT2D eigenvalue weighted by Crippen LogP contribution is 2.27. The van der Waals surface area contributed by atoms with E-state index in [-0.39, 0.29) is 0 Å². The van der Waals surface area contributed by atoms with E-state index >= 15 is 0 Å². The highest BCUT2D eigenvalue weighted by atomic mass is 32.1. The number of benzene rings is 1. The predicted molar refractivity (Wildman–Crippen MR) is 116 cm³/mol. The van der Waals surface area contributed by atoms with Crippen LogP contribution >= 0.6 is 11.3 Å². The standard InChI is InChI=1S/C22H26N6S/c1-2-6-17(7-3-1)10-13-28-21(25-22(26-28)19-14-29-16-24-19)11-12-27-15-23-18-8-4-5-9-20(18)27/h4-5,8-9,14-17H,1-3,6-7,10-13H2. The number of aromatic nitrogens is 6. The summed E-state index contributed by atoms with van der Waals surface area (Å²) in [7, 11) is 0. The molecule has 1 fully saturated rings. The Bertz CT molecular complexity index is 1060. The Balaban J connectivity index is 1.35. The summed E-state index contributed by atoms with van der Waals surface area (Å²) < 4.78 is 4.33. The van der Waals surface area contributed by atoms with Crippen LogP contribution in [0.5, 0.6) is 0 Å². The number of fused-ring (bicyclic) bond motifs is 1. The van der Waals surface area contributed by atoms with Gasteiger partial charge in [0.25, 0.3) is 0 Å². The van der Waals surface area contributed by atoms with Gasteiger partial charge < -0.3 is 4.57 Å². The Kier molecular flexibility index (Phi) is 5.39. The predicted octanol–water partition coefficient (Wildman–Crippen LogP) is 4.96. The first kappa shape index (κ1) is 18.5. The highest BCUT2D eigenvalue weighted by Gasteiger charge is 2.17. The monoisotopic (exact) mass is 406 g/mol. The number of aryl methyl sites for hydroxylation is 3. The van der Waals surface area contributed by atoms with Crippen LogP contribution in [0.4, 0.5) is 0 Å². The molecule has 1 saturated carbocycles. The number of hydrogen-bond acceptors (Lipinski definition) is 5. The molecule has 7 heteroatoms. The lowest BCUT2D eigenvalue weighted by Crippen LogP contribution is -2.14. The summed E-state index contributed by atoms with van der Waals surface area (Å²) in [4.78, 5) is 13.8. The topological polar surface area (TPSA) is 61.4 Å². The SMILES string of the molecule is c1ccc2c(c1)ncn2CCc1nc(-c2cscn2)nn1CCC1CCCCC1. The van der Waals surface area contributed by atoms with Crippen molar-refractivity contribution in [1.29, 1.82) is 0 Å². The van der Waals surface area contributed by atoms with Gasteiger partial charge in [0.2, 0.25) is 5.82 Å². The van der Waals surface area contributed by atoms with Gasteiger partial charge in [-0.2, -0.15) is 0 Å². The van der Waals surface area contributed by atoms with Crippen LogP contribution in [0.15, 0.2) is 41.5 Å². The van der Waals surface area contributed by atoms with Crippen molar-refractivity contribution in [3.8, 4) is 11.5 Å². The molecular formula is C22H26N6S. The number of imidazole rings is 1. The molecule has 5 rings (SSSR count). The molecule has 0 amide bonds. The van der Waals surface area contributed by atoms with Crippen LogP contribution in [0.25, 0.3) is 22.6 Å². The fraction of sp³-hybridized carbons (Fsp3) is 0.455. The first-order valence-electron chi connectivity index (χ1n) is 10.6. The number of nitrogens with zero attached hydrogens (tertiary/aromatic N) is 6. The molecule has 150 valence electrons. The quantitative estimate of drug-likeness (QED) is 0.435. The summed E-state index contributed by atoms with van der Waals surface area (Å²) in [6.45, 7) is 1.79. The van der Waals surface area contributed by atoms with E-state index in [9.17, 15) is 0 Å². The van der Waals surface area contributed by atoms with Crippen LogP contribution in [0.2, 0.25) is 0 Å². The Labute approximate surface area is 174 Å². The molecular weight excluding hydrogens is 380 g/mol. The Morgan fingerprint density at radius 2 is 1.93 bits per heavy atom. The number of para-hydroxylation sites is 2. The average molecular weight is 407 g/mol. The zero-order valence-corrected chi connectivity index (χ0v) is 17.4. The molecule has 0 unspecified atom stereocenters. The summed E-state index contributed by atoms with van der Waals surface area (Å²) >= 11 is 1.59. The van der Waals surface area contributed by atoms with Crippen LogP contribution in [0.3, 0.4) is 0 Å². The van der Waals surface area contributed by atoms with E-state index in [0.717, 1.165) is 48.3 Å². The zero-order chi connectivity index (χ0) is 19.5. The van der Waals surface area contributed by atoms with Crippen molar-refractivity contribution >= 4 is 22.4 Å². The first-order valence-corrected chi connectivity index (χ1v) is 11.5. The summed E-state index contributed by atoms with van der Waals surface area (Å²) in [5.74, 6) is 2.63. The molecule has 1 aliphatic carbocycles. The largest absolute Gasteiger partial charge is 0.330 e. The third kappa shape index (κ3) is 4.10. The fourth-order valence-electron chi connectivity index (χ4n) is 4.36. The van der Waals surface area contributed by atoms with E-state index in [1.54, 1.807) is 11.3 Å². The minimum atomic E-state index is 0.750. The van der Waals surface area contributed by atoms with Gasteiger partial charge >= 0.3 is 0 Å². The van der Waals surface area contributed by atoms with Gasteiger partial charge in [0, 0.05) is 24.9 Å². The molecule has 3 heterocycles. The second-order valence-corrected chi connectivity index (χ2v) is 8.64. The third-order valence-electron chi connectivity index (χ3n) is 5.99. The summed E-state index contributed by atoms with van der Waals surface area (Å²) in [6, 6.07) is 8.27. The van der Waals surface area contributed by atoms with Crippen molar-refractivity contribution in [2.24, 2.45) is 5.92 Å². The normalized spacial score (nSPS) is 15.3. The van der Waals surface area contributed by atoms with Gasteiger partial charge in [-0.05, 0) is 24.5 Å². The van der Waals surface area contributed by atoms with E-state index in [4.69, 9.17) is 10.1 Å². The molecule has 1 aromatic carbocycles. The van der Waals surface area contributed by atoms with E-state index in [2.05, 4.69) is 37.4 Å². The smallest absolute Gasteiger partial charge is 0.200 e. The van der Waals surface area contributed by atoms with E-state index in [0.29, 0.717) is 0 Å². The summed E-state index contributed by atoms with van der Waals surface area (Å²) in [5.41, 5.74) is 4.92. The second kappa shape index (κ2) is 8.45. The third-order valence-corrected chi connectivity index (χ3v) is 6.57. The number of thiazole rings is 1. The van der Waals surface area contributed by atoms with Crippen molar-refractivity contribution in [1.82, 2.24) is 29.3 Å². The van der Waals surface area contributed by atoms with Crippen LogP contribution in [-0.2, 0) is 19.5 Å². The average Bonchev–Trinajstić information content (AvgIpc) is 3.51. The Morgan fingerprint density at radius 1 is 1.03 bits per heavy atom. The van der Waals surface area contributed by atoms with E-state index in [1.807, 2.05) is 23.3 Å². The number of rotatable bonds is 7. The minimum Gasteiger partial charge on any atom is -0.330 e. The maximum atomic E-state index is 4.86. The van der Waals surface area contributed by atoms with Crippen LogP contribution < -0.4 is 0 Å². The molecule has 0 N–H and O–H groups in total. The maximum absolute atomic E-state index is 4.86. The Hall–Kier alpha value is -2.54. The van der Waals surface area contributed by atoms with Crippen molar-refractivity contribution < 1.29 is 0 Å². The molecule has 0 saturated heterocycles. The van der Waals surface area contributed by atoms with Gasteiger partial charge in [-0.1, -0.05) is 44.2 Å². The van der Waals surface area contributed by atoms with Crippen LogP contribution in [0.1, 0.15) is 44.3 Å². The minimum absolute atomic E-state index is 0.750. The Morgan fingerprint density at radius 3 is 2.79 bits per heavy atom. The van der Waals surface area contributed by atoms with Crippen molar-refractivity contribution in [3.05, 3.63) is 47.3 Å². The molecule has 29 heavy (non-hydrogen) atoms. The molecule has 6 nitrogen and oxygen atoms in total. The molecule has 0 aliphatic heterocycles. The highest BCUT2D eigenvalue weighted by molar-refractivity contribution is 7.07. The van der Waals surface area contributed by atoms with Crippen molar-refractivity contribution in [2.45, 2.75) is 58.0 Å². The van der Waals surface area contributed by atoms with Gasteiger partial charge in [-0.15, -0.1) is 16.4 Å². The van der Waals surface area contributed by atoms with Gasteiger partial charge in [-0.3, -0.25) is 0 Å². The molecule has 0 radical (unpaired) electrons. The second-order valence-electron chi connectivity index (χ2n) is 7.92. The molecule has 1 aliphatic rings. The van der Waals surface area contributed by atoms with E-state index in [1.165, 1.54) is 44.0 Å². The van der Waals surface area contributed by atoms with Crippen molar-refractivity contribution in [3.63, 3.8) is 0 Å². The lowest BCUT2D eigenvalue weighted by Gasteiger charge is -2.21.